The van der Waals surface area contributed by atoms with E-state index >= 15 is 0 Å². The molecule has 0 bridgehead atoms. The molecular weight excluding hydrogens is 282 g/mol. The minimum absolute atomic E-state index is 0.0937. The number of carbonyl (C=O) groups excluding carboxylic acids is 1. The highest BCUT2D eigenvalue weighted by Gasteiger charge is 2.44. The number of anilines is 1. The van der Waals surface area contributed by atoms with Gasteiger partial charge in [-0.2, -0.15) is 0 Å². The second-order valence-electron chi connectivity index (χ2n) is 5.51. The Bertz CT molecular complexity index is 702. The van der Waals surface area contributed by atoms with Crippen LogP contribution in [0.15, 0.2) is 36.7 Å². The normalized spacial score (nSPS) is 16.8. The van der Waals surface area contributed by atoms with Crippen molar-refractivity contribution in [3.63, 3.8) is 0 Å². The SMILES string of the molecule is NC(=S)C1(C(=O)Nc2cccc3ccncc23)CCCC1. The monoisotopic (exact) mass is 299 g/mol. The third-order valence-electron chi connectivity index (χ3n) is 4.30. The van der Waals surface area contributed by atoms with Crippen molar-refractivity contribution in [3.05, 3.63) is 36.7 Å². The summed E-state index contributed by atoms with van der Waals surface area (Å²) in [5, 5.41) is 4.96. The van der Waals surface area contributed by atoms with E-state index in [1.54, 1.807) is 12.4 Å². The lowest BCUT2D eigenvalue weighted by atomic mass is 9.85. The van der Waals surface area contributed by atoms with E-state index in [0.717, 1.165) is 42.1 Å². The van der Waals surface area contributed by atoms with Crippen molar-refractivity contribution in [1.29, 1.82) is 0 Å². The minimum atomic E-state index is -0.695. The van der Waals surface area contributed by atoms with Crippen molar-refractivity contribution < 1.29 is 4.79 Å². The van der Waals surface area contributed by atoms with Gasteiger partial charge in [0.2, 0.25) is 5.91 Å². The lowest BCUT2D eigenvalue weighted by molar-refractivity contribution is -0.122. The van der Waals surface area contributed by atoms with Crippen LogP contribution in [0, 0.1) is 5.41 Å². The van der Waals surface area contributed by atoms with E-state index in [0.29, 0.717) is 4.99 Å². The molecule has 1 aliphatic rings. The van der Waals surface area contributed by atoms with Crippen molar-refractivity contribution in [2.45, 2.75) is 25.7 Å². The molecule has 0 atom stereocenters. The fourth-order valence-corrected chi connectivity index (χ4v) is 3.33. The Morgan fingerprint density at radius 1 is 1.29 bits per heavy atom. The fraction of sp³-hybridized carbons (Fsp3) is 0.312. The van der Waals surface area contributed by atoms with Gasteiger partial charge in [0.15, 0.2) is 0 Å². The highest BCUT2D eigenvalue weighted by atomic mass is 32.1. The van der Waals surface area contributed by atoms with Crippen molar-refractivity contribution in [3.8, 4) is 0 Å². The Labute approximate surface area is 128 Å². The maximum absolute atomic E-state index is 12.7. The third kappa shape index (κ3) is 2.38. The molecule has 1 aliphatic carbocycles. The average Bonchev–Trinajstić information content (AvgIpc) is 2.98. The van der Waals surface area contributed by atoms with Gasteiger partial charge in [-0.05, 0) is 30.4 Å². The van der Waals surface area contributed by atoms with E-state index in [2.05, 4.69) is 10.3 Å². The molecule has 108 valence electrons. The summed E-state index contributed by atoms with van der Waals surface area (Å²) in [6.07, 6.45) is 6.94. The summed E-state index contributed by atoms with van der Waals surface area (Å²) in [6.45, 7) is 0. The molecule has 1 heterocycles. The number of carbonyl (C=O) groups is 1. The van der Waals surface area contributed by atoms with Crippen LogP contribution in [0.4, 0.5) is 5.69 Å². The Balaban J connectivity index is 1.95. The maximum Gasteiger partial charge on any atom is 0.237 e. The summed E-state index contributed by atoms with van der Waals surface area (Å²) in [5.41, 5.74) is 5.92. The number of nitrogens with zero attached hydrogens (tertiary/aromatic N) is 1. The van der Waals surface area contributed by atoms with E-state index in [1.807, 2.05) is 24.3 Å². The first-order chi connectivity index (χ1) is 10.1. The van der Waals surface area contributed by atoms with Crippen LogP contribution in [0.2, 0.25) is 0 Å². The van der Waals surface area contributed by atoms with Crippen molar-refractivity contribution in [2.75, 3.05) is 5.32 Å². The number of nitrogens with two attached hydrogens (primary N) is 1. The Hall–Kier alpha value is -2.01. The highest BCUT2D eigenvalue weighted by molar-refractivity contribution is 7.80. The van der Waals surface area contributed by atoms with Crippen molar-refractivity contribution in [1.82, 2.24) is 4.98 Å². The molecule has 4 nitrogen and oxygen atoms in total. The van der Waals surface area contributed by atoms with E-state index < -0.39 is 5.41 Å². The number of thiocarbonyl (C=S) groups is 1. The maximum atomic E-state index is 12.7. The van der Waals surface area contributed by atoms with Crippen LogP contribution < -0.4 is 11.1 Å². The summed E-state index contributed by atoms with van der Waals surface area (Å²) >= 11 is 5.16. The fourth-order valence-electron chi connectivity index (χ4n) is 3.03. The lowest BCUT2D eigenvalue weighted by Crippen LogP contribution is -2.43. The highest BCUT2D eigenvalue weighted by Crippen LogP contribution is 2.40. The standard InChI is InChI=1S/C16H17N3OS/c17-14(21)16(7-1-2-8-16)15(20)19-13-5-3-4-11-6-9-18-10-12(11)13/h3-6,9-10H,1-2,7-8H2,(H2,17,21)(H,19,20). The predicted molar refractivity (Wildman–Crippen MR) is 88.1 cm³/mol. The molecule has 0 saturated heterocycles. The smallest absolute Gasteiger partial charge is 0.237 e. The summed E-state index contributed by atoms with van der Waals surface area (Å²) in [6, 6.07) is 7.71. The minimum Gasteiger partial charge on any atom is -0.392 e. The van der Waals surface area contributed by atoms with E-state index in [-0.39, 0.29) is 5.91 Å². The summed E-state index contributed by atoms with van der Waals surface area (Å²) in [5.74, 6) is -0.0937. The zero-order valence-electron chi connectivity index (χ0n) is 11.6. The largest absolute Gasteiger partial charge is 0.392 e. The van der Waals surface area contributed by atoms with Gasteiger partial charge < -0.3 is 11.1 Å². The predicted octanol–water partition coefficient (Wildman–Crippen LogP) is 3.02. The van der Waals surface area contributed by atoms with Gasteiger partial charge in [0, 0.05) is 17.8 Å². The average molecular weight is 299 g/mol. The molecule has 1 saturated carbocycles. The molecule has 1 aromatic heterocycles. The number of aromatic nitrogens is 1. The number of pyridine rings is 1. The number of hydrogen-bond donors (Lipinski definition) is 2. The molecule has 3 rings (SSSR count). The van der Waals surface area contributed by atoms with Crippen molar-refractivity contribution >= 4 is 39.6 Å². The zero-order valence-corrected chi connectivity index (χ0v) is 12.5. The van der Waals surface area contributed by atoms with E-state index in [1.165, 1.54) is 0 Å². The Morgan fingerprint density at radius 2 is 2.05 bits per heavy atom. The number of benzene rings is 1. The van der Waals surface area contributed by atoms with Gasteiger partial charge in [0.1, 0.15) is 0 Å². The molecular formula is C16H17N3OS. The number of nitrogens with one attached hydrogen (secondary N) is 1. The second-order valence-corrected chi connectivity index (χ2v) is 5.95. The second kappa shape index (κ2) is 5.41. The van der Waals surface area contributed by atoms with Gasteiger partial charge in [-0.15, -0.1) is 0 Å². The Kier molecular flexibility index (Phi) is 3.59. The first-order valence-electron chi connectivity index (χ1n) is 7.08. The van der Waals surface area contributed by atoms with Crippen LogP contribution in [0.5, 0.6) is 0 Å². The molecule has 2 aromatic rings. The van der Waals surface area contributed by atoms with Gasteiger partial charge in [-0.3, -0.25) is 9.78 Å². The molecule has 0 spiro atoms. The molecule has 1 fully saturated rings. The molecule has 21 heavy (non-hydrogen) atoms. The van der Waals surface area contributed by atoms with Gasteiger partial charge in [-0.1, -0.05) is 37.2 Å². The third-order valence-corrected chi connectivity index (χ3v) is 4.69. The zero-order chi connectivity index (χ0) is 14.9. The van der Waals surface area contributed by atoms with E-state index in [9.17, 15) is 4.79 Å². The number of fused-ring (bicyclic) bond motifs is 1. The van der Waals surface area contributed by atoms with Gasteiger partial charge in [-0.25, -0.2) is 0 Å². The Morgan fingerprint density at radius 3 is 2.76 bits per heavy atom. The molecule has 0 unspecified atom stereocenters. The topological polar surface area (TPSA) is 68.0 Å². The van der Waals surface area contributed by atoms with Crippen LogP contribution in [0.1, 0.15) is 25.7 Å². The van der Waals surface area contributed by atoms with Crippen LogP contribution in [-0.2, 0) is 4.79 Å². The van der Waals surface area contributed by atoms with Crippen molar-refractivity contribution in [2.24, 2.45) is 11.1 Å². The van der Waals surface area contributed by atoms with Gasteiger partial charge >= 0.3 is 0 Å². The molecule has 1 aromatic carbocycles. The first-order valence-corrected chi connectivity index (χ1v) is 7.48. The molecule has 0 radical (unpaired) electrons. The van der Waals surface area contributed by atoms with Gasteiger partial charge in [0.05, 0.1) is 16.1 Å². The summed E-state index contributed by atoms with van der Waals surface area (Å²) < 4.78 is 0. The lowest BCUT2D eigenvalue weighted by Gasteiger charge is -2.26. The van der Waals surface area contributed by atoms with Crippen LogP contribution in [-0.4, -0.2) is 15.9 Å². The molecule has 5 heteroatoms. The number of rotatable bonds is 3. The summed E-state index contributed by atoms with van der Waals surface area (Å²) in [4.78, 5) is 17.2. The van der Waals surface area contributed by atoms with Gasteiger partial charge in [0.25, 0.3) is 0 Å². The summed E-state index contributed by atoms with van der Waals surface area (Å²) in [7, 11) is 0. The van der Waals surface area contributed by atoms with Crippen LogP contribution >= 0.6 is 12.2 Å². The molecule has 0 aliphatic heterocycles. The number of amides is 1. The van der Waals surface area contributed by atoms with Crippen LogP contribution in [0.25, 0.3) is 10.8 Å². The quantitative estimate of drug-likeness (QED) is 0.855. The van der Waals surface area contributed by atoms with E-state index in [4.69, 9.17) is 18.0 Å². The molecule has 1 amide bonds. The first kappa shape index (κ1) is 13.9. The number of hydrogen-bond acceptors (Lipinski definition) is 3. The molecule has 3 N–H and O–H groups in total. The van der Waals surface area contributed by atoms with Crippen LogP contribution in [0.3, 0.4) is 0 Å².